The molecule has 0 aliphatic heterocycles. The second-order valence-electron chi connectivity index (χ2n) is 5.70. The first-order valence-corrected chi connectivity index (χ1v) is 7.84. The van der Waals surface area contributed by atoms with Gasteiger partial charge in [0.2, 0.25) is 0 Å². The molecule has 3 rings (SSSR count). The van der Waals surface area contributed by atoms with Crippen LogP contribution in [0.3, 0.4) is 0 Å². The SMILES string of the molecule is Cc1ccc(OCCC(C#N)c2cccc3ccccc23)cc1. The lowest BCUT2D eigenvalue weighted by atomic mass is 9.92. The summed E-state index contributed by atoms with van der Waals surface area (Å²) in [5, 5.41) is 11.9. The maximum Gasteiger partial charge on any atom is 0.119 e. The predicted molar refractivity (Wildman–Crippen MR) is 93.6 cm³/mol. The third kappa shape index (κ3) is 3.52. The molecule has 1 atom stereocenters. The third-order valence-electron chi connectivity index (χ3n) is 4.05. The minimum absolute atomic E-state index is 0.161. The average molecular weight is 301 g/mol. The minimum Gasteiger partial charge on any atom is -0.494 e. The monoisotopic (exact) mass is 301 g/mol. The molecule has 2 heteroatoms. The molecule has 0 saturated carbocycles. The first kappa shape index (κ1) is 15.1. The van der Waals surface area contributed by atoms with Gasteiger partial charge in [-0.3, -0.25) is 0 Å². The van der Waals surface area contributed by atoms with Gasteiger partial charge in [-0.1, -0.05) is 60.2 Å². The van der Waals surface area contributed by atoms with Crippen molar-refractivity contribution in [3.05, 3.63) is 77.9 Å². The summed E-state index contributed by atoms with van der Waals surface area (Å²) in [4.78, 5) is 0. The van der Waals surface area contributed by atoms with Crippen LogP contribution < -0.4 is 4.74 Å². The van der Waals surface area contributed by atoms with Gasteiger partial charge in [0.05, 0.1) is 18.6 Å². The molecule has 23 heavy (non-hydrogen) atoms. The number of nitrogens with zero attached hydrogens (tertiary/aromatic N) is 1. The summed E-state index contributed by atoms with van der Waals surface area (Å²) in [6, 6.07) is 24.8. The van der Waals surface area contributed by atoms with E-state index >= 15 is 0 Å². The van der Waals surface area contributed by atoms with Crippen LogP contribution >= 0.6 is 0 Å². The average Bonchev–Trinajstić information content (AvgIpc) is 2.60. The van der Waals surface area contributed by atoms with Gasteiger partial charge in [-0.2, -0.15) is 5.26 Å². The molecule has 2 nitrogen and oxygen atoms in total. The van der Waals surface area contributed by atoms with Crippen molar-refractivity contribution in [3.63, 3.8) is 0 Å². The summed E-state index contributed by atoms with van der Waals surface area (Å²) >= 11 is 0. The Bertz CT molecular complexity index is 825. The van der Waals surface area contributed by atoms with Crippen molar-refractivity contribution in [1.82, 2.24) is 0 Å². The van der Waals surface area contributed by atoms with E-state index in [9.17, 15) is 5.26 Å². The fourth-order valence-corrected chi connectivity index (χ4v) is 2.77. The molecule has 3 aromatic rings. The summed E-state index contributed by atoms with van der Waals surface area (Å²) < 4.78 is 5.78. The Morgan fingerprint density at radius 3 is 2.48 bits per heavy atom. The number of hydrogen-bond donors (Lipinski definition) is 0. The maximum absolute atomic E-state index is 9.57. The van der Waals surface area contributed by atoms with Crippen LogP contribution in [0.2, 0.25) is 0 Å². The molecule has 3 aromatic carbocycles. The normalized spacial score (nSPS) is 11.8. The van der Waals surface area contributed by atoms with Crippen LogP contribution in [-0.4, -0.2) is 6.61 Å². The number of ether oxygens (including phenoxy) is 1. The first-order chi connectivity index (χ1) is 11.3. The lowest BCUT2D eigenvalue weighted by Crippen LogP contribution is -2.05. The molecule has 0 amide bonds. The number of fused-ring (bicyclic) bond motifs is 1. The lowest BCUT2D eigenvalue weighted by Gasteiger charge is -2.13. The second kappa shape index (κ2) is 6.98. The van der Waals surface area contributed by atoms with Crippen LogP contribution in [0.1, 0.15) is 23.5 Å². The molecule has 0 N–H and O–H groups in total. The van der Waals surface area contributed by atoms with E-state index in [1.807, 2.05) is 48.5 Å². The maximum atomic E-state index is 9.57. The van der Waals surface area contributed by atoms with Gasteiger partial charge < -0.3 is 4.74 Å². The molecule has 1 unspecified atom stereocenters. The van der Waals surface area contributed by atoms with Gasteiger partial charge in [0, 0.05) is 6.42 Å². The number of benzene rings is 3. The van der Waals surface area contributed by atoms with Crippen molar-refractivity contribution in [3.8, 4) is 11.8 Å². The van der Waals surface area contributed by atoms with E-state index in [-0.39, 0.29) is 5.92 Å². The zero-order chi connectivity index (χ0) is 16.1. The Balaban J connectivity index is 1.72. The molecular formula is C21H19NO. The summed E-state index contributed by atoms with van der Waals surface area (Å²) in [6.45, 7) is 2.58. The summed E-state index contributed by atoms with van der Waals surface area (Å²) in [5.41, 5.74) is 2.29. The Hall–Kier alpha value is -2.79. The van der Waals surface area contributed by atoms with E-state index in [1.165, 1.54) is 10.9 Å². The van der Waals surface area contributed by atoms with Crippen LogP contribution in [0, 0.1) is 18.3 Å². The highest BCUT2D eigenvalue weighted by Crippen LogP contribution is 2.27. The van der Waals surface area contributed by atoms with Crippen LogP contribution in [0.5, 0.6) is 5.75 Å². The highest BCUT2D eigenvalue weighted by atomic mass is 16.5. The van der Waals surface area contributed by atoms with Crippen molar-refractivity contribution in [1.29, 1.82) is 5.26 Å². The molecule has 0 radical (unpaired) electrons. The van der Waals surface area contributed by atoms with Crippen molar-refractivity contribution in [2.45, 2.75) is 19.3 Å². The van der Waals surface area contributed by atoms with E-state index in [2.05, 4.69) is 31.2 Å². The Morgan fingerprint density at radius 2 is 1.70 bits per heavy atom. The van der Waals surface area contributed by atoms with Gasteiger partial charge in [0.25, 0.3) is 0 Å². The van der Waals surface area contributed by atoms with Gasteiger partial charge in [0.1, 0.15) is 5.75 Å². The second-order valence-corrected chi connectivity index (χ2v) is 5.70. The van der Waals surface area contributed by atoms with E-state index in [4.69, 9.17) is 4.74 Å². The predicted octanol–water partition coefficient (Wildman–Crippen LogP) is 5.22. The van der Waals surface area contributed by atoms with Crippen molar-refractivity contribution < 1.29 is 4.74 Å². The van der Waals surface area contributed by atoms with E-state index in [0.717, 1.165) is 16.7 Å². The van der Waals surface area contributed by atoms with Gasteiger partial charge >= 0.3 is 0 Å². The van der Waals surface area contributed by atoms with Crippen molar-refractivity contribution in [2.24, 2.45) is 0 Å². The van der Waals surface area contributed by atoms with Crippen molar-refractivity contribution in [2.75, 3.05) is 6.61 Å². The van der Waals surface area contributed by atoms with Crippen LogP contribution in [0.25, 0.3) is 10.8 Å². The fraction of sp³-hybridized carbons (Fsp3) is 0.190. The standard InChI is InChI=1S/C21H19NO/c1-16-9-11-19(12-10-16)23-14-13-18(15-22)21-8-4-6-17-5-2-3-7-20(17)21/h2-12,18H,13-14H2,1H3. The fourth-order valence-electron chi connectivity index (χ4n) is 2.77. The molecule has 0 bridgehead atoms. The van der Waals surface area contributed by atoms with E-state index in [1.54, 1.807) is 0 Å². The summed E-state index contributed by atoms with van der Waals surface area (Å²) in [7, 11) is 0. The third-order valence-corrected chi connectivity index (χ3v) is 4.05. The largest absolute Gasteiger partial charge is 0.494 e. The zero-order valence-electron chi connectivity index (χ0n) is 13.2. The van der Waals surface area contributed by atoms with Gasteiger partial charge in [-0.05, 0) is 35.4 Å². The van der Waals surface area contributed by atoms with E-state index < -0.39 is 0 Å². The Kier molecular flexibility index (Phi) is 4.59. The summed E-state index contributed by atoms with van der Waals surface area (Å²) in [6.07, 6.45) is 0.679. The van der Waals surface area contributed by atoms with E-state index in [0.29, 0.717) is 13.0 Å². The number of nitriles is 1. The number of hydrogen-bond acceptors (Lipinski definition) is 2. The molecular weight excluding hydrogens is 282 g/mol. The molecule has 0 saturated heterocycles. The van der Waals surface area contributed by atoms with Crippen LogP contribution in [0.15, 0.2) is 66.7 Å². The van der Waals surface area contributed by atoms with Gasteiger partial charge in [0.15, 0.2) is 0 Å². The zero-order valence-corrected chi connectivity index (χ0v) is 13.2. The molecule has 0 heterocycles. The van der Waals surface area contributed by atoms with Crippen LogP contribution in [0.4, 0.5) is 0 Å². The van der Waals surface area contributed by atoms with Gasteiger partial charge in [-0.15, -0.1) is 0 Å². The first-order valence-electron chi connectivity index (χ1n) is 7.84. The molecule has 0 spiro atoms. The molecule has 114 valence electrons. The highest BCUT2D eigenvalue weighted by Gasteiger charge is 2.13. The molecule has 0 aliphatic carbocycles. The number of rotatable bonds is 5. The van der Waals surface area contributed by atoms with Crippen molar-refractivity contribution >= 4 is 10.8 Å². The highest BCUT2D eigenvalue weighted by molar-refractivity contribution is 5.86. The molecule has 0 fully saturated rings. The molecule has 0 aromatic heterocycles. The summed E-state index contributed by atoms with van der Waals surface area (Å²) in [5.74, 6) is 0.691. The lowest BCUT2D eigenvalue weighted by molar-refractivity contribution is 0.306. The van der Waals surface area contributed by atoms with Crippen LogP contribution in [-0.2, 0) is 0 Å². The Morgan fingerprint density at radius 1 is 0.957 bits per heavy atom. The molecule has 0 aliphatic rings. The van der Waals surface area contributed by atoms with Gasteiger partial charge in [-0.25, -0.2) is 0 Å². The topological polar surface area (TPSA) is 33.0 Å². The number of aryl methyl sites for hydroxylation is 1. The smallest absolute Gasteiger partial charge is 0.119 e. The minimum atomic E-state index is -0.161. The quantitative estimate of drug-likeness (QED) is 0.647. The Labute approximate surface area is 137 Å².